The number of hydrogen-bond donors (Lipinski definition) is 0. The van der Waals surface area contributed by atoms with Crippen molar-refractivity contribution in [1.82, 2.24) is 14.5 Å². The molecule has 2 aliphatic carbocycles. The molecule has 164 valence electrons. The molecule has 0 aromatic carbocycles. The Morgan fingerprint density at radius 2 is 1.72 bits per heavy atom. The summed E-state index contributed by atoms with van der Waals surface area (Å²) in [6.45, 7) is 4.56. The van der Waals surface area contributed by atoms with Crippen molar-refractivity contribution in [2.45, 2.75) is 76.0 Å². The Bertz CT molecular complexity index is 758. The first-order valence-corrected chi connectivity index (χ1v) is 13.2. The van der Waals surface area contributed by atoms with Gasteiger partial charge in [-0.05, 0) is 69.4 Å². The molecule has 2 heterocycles. The van der Waals surface area contributed by atoms with Crippen molar-refractivity contribution in [3.8, 4) is 0 Å². The second-order valence-electron chi connectivity index (χ2n) is 9.55. The molecular formula is C22H37N3O3S. The summed E-state index contributed by atoms with van der Waals surface area (Å²) in [5.74, 6) is 1.86. The molecule has 6 nitrogen and oxygen atoms in total. The molecule has 0 amide bonds. The van der Waals surface area contributed by atoms with Crippen molar-refractivity contribution in [1.29, 1.82) is 0 Å². The second kappa shape index (κ2) is 9.48. The normalized spacial score (nSPS) is 22.9. The van der Waals surface area contributed by atoms with Gasteiger partial charge in [-0.1, -0.05) is 19.3 Å². The number of rotatable bonds is 9. The van der Waals surface area contributed by atoms with E-state index in [0.29, 0.717) is 22.9 Å². The number of piperidine rings is 1. The van der Waals surface area contributed by atoms with Crippen LogP contribution < -0.4 is 0 Å². The molecule has 29 heavy (non-hydrogen) atoms. The molecule has 0 N–H and O–H groups in total. The van der Waals surface area contributed by atoms with Gasteiger partial charge in [0, 0.05) is 26.8 Å². The fourth-order valence-electron chi connectivity index (χ4n) is 5.03. The Morgan fingerprint density at radius 3 is 2.38 bits per heavy atom. The topological polar surface area (TPSA) is 64.4 Å². The van der Waals surface area contributed by atoms with Gasteiger partial charge in [-0.3, -0.25) is 4.90 Å². The average molecular weight is 424 g/mol. The van der Waals surface area contributed by atoms with Gasteiger partial charge in [-0.15, -0.1) is 0 Å². The Kier molecular flexibility index (Phi) is 6.97. The van der Waals surface area contributed by atoms with Gasteiger partial charge in [0.2, 0.25) is 15.0 Å². The van der Waals surface area contributed by atoms with Crippen LogP contribution in [0.15, 0.2) is 11.4 Å². The van der Waals surface area contributed by atoms with Gasteiger partial charge in [0.05, 0.1) is 17.6 Å². The van der Waals surface area contributed by atoms with Crippen LogP contribution in [0.1, 0.15) is 63.5 Å². The highest BCUT2D eigenvalue weighted by Gasteiger charge is 2.33. The van der Waals surface area contributed by atoms with Gasteiger partial charge < -0.3 is 9.30 Å². The first-order chi connectivity index (χ1) is 14.0. The molecule has 0 unspecified atom stereocenters. The van der Waals surface area contributed by atoms with E-state index in [9.17, 15) is 8.42 Å². The highest BCUT2D eigenvalue weighted by atomic mass is 32.2. The van der Waals surface area contributed by atoms with Crippen LogP contribution in [-0.4, -0.2) is 55.4 Å². The van der Waals surface area contributed by atoms with Crippen LogP contribution in [0.4, 0.5) is 0 Å². The number of methoxy groups -OCH3 is 1. The zero-order valence-corrected chi connectivity index (χ0v) is 18.7. The summed E-state index contributed by atoms with van der Waals surface area (Å²) in [5.41, 5.74) is 1.08. The Morgan fingerprint density at radius 1 is 1.00 bits per heavy atom. The van der Waals surface area contributed by atoms with Crippen LogP contribution in [0.2, 0.25) is 0 Å². The van der Waals surface area contributed by atoms with Crippen LogP contribution in [0.25, 0.3) is 0 Å². The molecule has 0 radical (unpaired) electrons. The monoisotopic (exact) mass is 423 g/mol. The number of imidazole rings is 1. The summed E-state index contributed by atoms with van der Waals surface area (Å²) in [5, 5.41) is 0.333. The zero-order valence-electron chi connectivity index (χ0n) is 17.9. The third-order valence-electron chi connectivity index (χ3n) is 6.99. The lowest BCUT2D eigenvalue weighted by molar-refractivity contribution is 0.0955. The molecule has 4 rings (SSSR count). The minimum atomic E-state index is -3.30. The van der Waals surface area contributed by atoms with E-state index in [2.05, 4.69) is 14.5 Å². The fourth-order valence-corrected chi connectivity index (χ4v) is 6.88. The van der Waals surface area contributed by atoms with E-state index < -0.39 is 9.84 Å². The predicted molar refractivity (Wildman–Crippen MR) is 113 cm³/mol. The quantitative estimate of drug-likeness (QED) is 0.608. The van der Waals surface area contributed by atoms with Gasteiger partial charge in [-0.25, -0.2) is 13.4 Å². The highest BCUT2D eigenvalue weighted by molar-refractivity contribution is 7.91. The maximum absolute atomic E-state index is 13.1. The van der Waals surface area contributed by atoms with Crippen LogP contribution in [-0.2, 0) is 27.7 Å². The van der Waals surface area contributed by atoms with E-state index in [0.717, 1.165) is 64.2 Å². The Labute approximate surface area is 175 Å². The summed E-state index contributed by atoms with van der Waals surface area (Å²) < 4.78 is 33.5. The number of nitrogens with zero attached hydrogens (tertiary/aromatic N) is 3. The van der Waals surface area contributed by atoms with Crippen LogP contribution in [0.3, 0.4) is 0 Å². The van der Waals surface area contributed by atoms with Gasteiger partial charge in [0.15, 0.2) is 0 Å². The molecule has 1 aliphatic heterocycles. The molecule has 3 fully saturated rings. The molecule has 1 aromatic heterocycles. The minimum absolute atomic E-state index is 0.274. The van der Waals surface area contributed by atoms with Crippen molar-refractivity contribution < 1.29 is 13.2 Å². The van der Waals surface area contributed by atoms with E-state index in [1.807, 2.05) is 6.20 Å². The van der Waals surface area contributed by atoms with Crippen LogP contribution >= 0.6 is 0 Å². The van der Waals surface area contributed by atoms with Crippen molar-refractivity contribution in [2.24, 2.45) is 17.8 Å². The lowest BCUT2D eigenvalue weighted by Gasteiger charge is -2.32. The maximum atomic E-state index is 13.1. The van der Waals surface area contributed by atoms with Gasteiger partial charge in [0.25, 0.3) is 0 Å². The first-order valence-electron chi connectivity index (χ1n) is 11.5. The molecule has 0 atom stereocenters. The lowest BCUT2D eigenvalue weighted by Crippen LogP contribution is -2.35. The zero-order chi connectivity index (χ0) is 20.3. The molecular weight excluding hydrogens is 386 g/mol. The number of likely N-dealkylation sites (tertiary alicyclic amines) is 1. The third kappa shape index (κ3) is 5.61. The number of hydrogen-bond acceptors (Lipinski definition) is 5. The third-order valence-corrected chi connectivity index (χ3v) is 8.78. The summed E-state index contributed by atoms with van der Waals surface area (Å²) >= 11 is 0. The van der Waals surface area contributed by atoms with E-state index >= 15 is 0 Å². The van der Waals surface area contributed by atoms with Crippen molar-refractivity contribution in [3.05, 3.63) is 11.9 Å². The van der Waals surface area contributed by atoms with E-state index in [-0.39, 0.29) is 5.75 Å². The maximum Gasteiger partial charge on any atom is 0.227 e. The van der Waals surface area contributed by atoms with Crippen molar-refractivity contribution >= 4 is 9.84 Å². The average Bonchev–Trinajstić information content (AvgIpc) is 3.43. The van der Waals surface area contributed by atoms with Crippen LogP contribution in [0.5, 0.6) is 0 Å². The van der Waals surface area contributed by atoms with Gasteiger partial charge >= 0.3 is 0 Å². The van der Waals surface area contributed by atoms with Gasteiger partial charge in [-0.2, -0.15) is 0 Å². The van der Waals surface area contributed by atoms with Crippen LogP contribution in [0, 0.1) is 17.8 Å². The predicted octanol–water partition coefficient (Wildman–Crippen LogP) is 3.51. The van der Waals surface area contributed by atoms with E-state index in [1.54, 1.807) is 7.11 Å². The summed E-state index contributed by atoms with van der Waals surface area (Å²) in [6.07, 6.45) is 12.5. The second-order valence-corrected chi connectivity index (χ2v) is 11.5. The number of ether oxygens (including phenoxy) is 1. The molecule has 0 spiro atoms. The van der Waals surface area contributed by atoms with Crippen molar-refractivity contribution in [3.63, 3.8) is 0 Å². The lowest BCUT2D eigenvalue weighted by atomic mass is 9.89. The minimum Gasteiger partial charge on any atom is -0.384 e. The molecule has 2 saturated carbocycles. The molecule has 0 bridgehead atoms. The standard InChI is InChI=1S/C22H37N3O3S/c1-28-16-19-9-11-24(12-10-19)15-21-13-23-22(29(26,27)17-20-7-8-20)25(21)14-18-5-3-2-4-6-18/h13,18-20H,2-12,14-17H2,1H3. The fraction of sp³-hybridized carbons (Fsp3) is 0.864. The highest BCUT2D eigenvalue weighted by Crippen LogP contribution is 2.33. The van der Waals surface area contributed by atoms with Crippen molar-refractivity contribution in [2.75, 3.05) is 32.6 Å². The Hall–Kier alpha value is -0.920. The Balaban J connectivity index is 1.49. The summed E-state index contributed by atoms with van der Waals surface area (Å²) in [4.78, 5) is 6.93. The summed E-state index contributed by atoms with van der Waals surface area (Å²) in [7, 11) is -1.52. The first kappa shape index (κ1) is 21.3. The number of aromatic nitrogens is 2. The summed E-state index contributed by atoms with van der Waals surface area (Å²) in [6, 6.07) is 0. The smallest absolute Gasteiger partial charge is 0.227 e. The van der Waals surface area contributed by atoms with E-state index in [1.165, 1.54) is 32.1 Å². The van der Waals surface area contributed by atoms with E-state index in [4.69, 9.17) is 4.74 Å². The van der Waals surface area contributed by atoms with Gasteiger partial charge in [0.1, 0.15) is 0 Å². The SMILES string of the molecule is COCC1CCN(Cc2cnc(S(=O)(=O)CC3CC3)n2CC2CCCCC2)CC1. The molecule has 3 aliphatic rings. The molecule has 1 saturated heterocycles. The molecule has 7 heteroatoms. The molecule has 1 aromatic rings. The number of sulfone groups is 1. The largest absolute Gasteiger partial charge is 0.384 e.